The number of ketones is 1. The largest absolute Gasteiger partial charge is 0.398 e. The Balaban J connectivity index is 3.64. The van der Waals surface area contributed by atoms with E-state index in [9.17, 15) is 14.9 Å². The van der Waals surface area contributed by atoms with Gasteiger partial charge in [0.25, 0.3) is 5.69 Å². The zero-order valence-electron chi connectivity index (χ0n) is 7.85. The summed E-state index contributed by atoms with van der Waals surface area (Å²) in [5.41, 5.74) is 4.76. The molecule has 6 nitrogen and oxygen atoms in total. The van der Waals surface area contributed by atoms with E-state index in [1.54, 1.807) is 6.07 Å². The van der Waals surface area contributed by atoms with Crippen molar-refractivity contribution in [2.75, 3.05) is 5.73 Å². The number of nitro groups is 1. The maximum absolute atomic E-state index is 11.2. The first kappa shape index (κ1) is 10.7. The highest BCUT2D eigenvalue weighted by Gasteiger charge is 2.22. The zero-order chi connectivity index (χ0) is 11.6. The molecule has 0 saturated heterocycles. The molecule has 1 rings (SSSR count). The molecule has 0 aliphatic rings. The number of nitrogens with two attached hydrogens (primary N) is 1. The van der Waals surface area contributed by atoms with Crippen molar-refractivity contribution < 1.29 is 9.72 Å². The molecule has 1 aromatic rings. The van der Waals surface area contributed by atoms with Crippen LogP contribution >= 0.6 is 0 Å². The van der Waals surface area contributed by atoms with Gasteiger partial charge in [-0.25, -0.2) is 0 Å². The van der Waals surface area contributed by atoms with Gasteiger partial charge in [-0.1, -0.05) is 0 Å². The van der Waals surface area contributed by atoms with Crippen LogP contribution in [0.4, 0.5) is 11.4 Å². The second kappa shape index (κ2) is 3.75. The van der Waals surface area contributed by atoms with Crippen molar-refractivity contribution in [1.29, 1.82) is 5.26 Å². The van der Waals surface area contributed by atoms with Crippen molar-refractivity contribution >= 4 is 17.2 Å². The van der Waals surface area contributed by atoms with Crippen molar-refractivity contribution in [2.45, 2.75) is 6.92 Å². The van der Waals surface area contributed by atoms with Crippen LogP contribution in [0, 0.1) is 21.4 Å². The number of nitriles is 1. The predicted octanol–water partition coefficient (Wildman–Crippen LogP) is 1.25. The van der Waals surface area contributed by atoms with Gasteiger partial charge in [-0.3, -0.25) is 14.9 Å². The number of nitro benzene ring substituents is 1. The fourth-order valence-electron chi connectivity index (χ4n) is 1.25. The molecule has 0 heterocycles. The zero-order valence-corrected chi connectivity index (χ0v) is 7.85. The van der Waals surface area contributed by atoms with Crippen molar-refractivity contribution in [3.8, 4) is 6.07 Å². The van der Waals surface area contributed by atoms with Crippen LogP contribution in [0.15, 0.2) is 12.1 Å². The lowest BCUT2D eigenvalue weighted by Crippen LogP contribution is -2.05. The average molecular weight is 205 g/mol. The molecule has 0 aliphatic heterocycles. The van der Waals surface area contributed by atoms with Crippen LogP contribution in [0.5, 0.6) is 0 Å². The Bertz CT molecular complexity index is 488. The van der Waals surface area contributed by atoms with E-state index < -0.39 is 16.4 Å². The van der Waals surface area contributed by atoms with Gasteiger partial charge in [0.2, 0.25) is 0 Å². The van der Waals surface area contributed by atoms with Crippen LogP contribution in [0.25, 0.3) is 0 Å². The van der Waals surface area contributed by atoms with Gasteiger partial charge in [0.15, 0.2) is 5.78 Å². The van der Waals surface area contributed by atoms with E-state index in [1.165, 1.54) is 13.0 Å². The van der Waals surface area contributed by atoms with Crippen LogP contribution < -0.4 is 5.73 Å². The van der Waals surface area contributed by atoms with Gasteiger partial charge in [-0.2, -0.15) is 5.26 Å². The quantitative estimate of drug-likeness (QED) is 0.338. The summed E-state index contributed by atoms with van der Waals surface area (Å²) < 4.78 is 0. The van der Waals surface area contributed by atoms with Crippen LogP contribution in [0.2, 0.25) is 0 Å². The standard InChI is InChI=1S/C9H7N3O3/c1-5(13)9-6(4-10)8(12(14)15)3-2-7(9)11/h2-3H,11H2,1H3. The summed E-state index contributed by atoms with van der Waals surface area (Å²) in [5.74, 6) is -0.465. The van der Waals surface area contributed by atoms with E-state index in [-0.39, 0.29) is 16.8 Å². The highest BCUT2D eigenvalue weighted by Crippen LogP contribution is 2.26. The summed E-state index contributed by atoms with van der Waals surface area (Å²) in [4.78, 5) is 21.0. The maximum Gasteiger partial charge on any atom is 0.287 e. The molecule has 1 aromatic carbocycles. The number of nitrogens with zero attached hydrogens (tertiary/aromatic N) is 2. The molecule has 76 valence electrons. The lowest BCUT2D eigenvalue weighted by Gasteiger charge is -2.03. The third-order valence-electron chi connectivity index (χ3n) is 1.88. The molecule has 0 saturated carbocycles. The molecule has 2 N–H and O–H groups in total. The number of Topliss-reactive ketones (excluding diaryl/α,β-unsaturated/α-hetero) is 1. The van der Waals surface area contributed by atoms with Crippen molar-refractivity contribution in [2.24, 2.45) is 0 Å². The summed E-state index contributed by atoms with van der Waals surface area (Å²) in [6.45, 7) is 1.20. The molecule has 0 spiro atoms. The van der Waals surface area contributed by atoms with E-state index in [0.717, 1.165) is 6.07 Å². The van der Waals surface area contributed by atoms with Gasteiger partial charge in [-0.05, 0) is 13.0 Å². The van der Waals surface area contributed by atoms with Crippen molar-refractivity contribution in [1.82, 2.24) is 0 Å². The van der Waals surface area contributed by atoms with Gasteiger partial charge in [-0.15, -0.1) is 0 Å². The third-order valence-corrected chi connectivity index (χ3v) is 1.88. The van der Waals surface area contributed by atoms with Crippen molar-refractivity contribution in [3.63, 3.8) is 0 Å². The smallest absolute Gasteiger partial charge is 0.287 e. The number of carbonyl (C=O) groups excluding carboxylic acids is 1. The molecular formula is C9H7N3O3. The number of rotatable bonds is 2. The number of hydrogen-bond donors (Lipinski definition) is 1. The monoisotopic (exact) mass is 205 g/mol. The Hall–Kier alpha value is -2.42. The average Bonchev–Trinajstić information content (AvgIpc) is 2.15. The molecule has 0 bridgehead atoms. The number of carbonyl (C=O) groups is 1. The van der Waals surface area contributed by atoms with Gasteiger partial charge >= 0.3 is 0 Å². The van der Waals surface area contributed by atoms with Gasteiger partial charge < -0.3 is 5.73 Å². The number of hydrogen-bond acceptors (Lipinski definition) is 5. The Labute approximate surface area is 85.1 Å². The van der Waals surface area contributed by atoms with E-state index in [4.69, 9.17) is 11.0 Å². The molecule has 6 heteroatoms. The number of nitrogen functional groups attached to an aromatic ring is 1. The number of benzene rings is 1. The summed E-state index contributed by atoms with van der Waals surface area (Å²) in [6, 6.07) is 3.98. The second-order valence-corrected chi connectivity index (χ2v) is 2.85. The first-order valence-corrected chi connectivity index (χ1v) is 3.97. The summed E-state index contributed by atoms with van der Waals surface area (Å²) in [6.07, 6.45) is 0. The van der Waals surface area contributed by atoms with E-state index in [0.29, 0.717) is 0 Å². The maximum atomic E-state index is 11.2. The van der Waals surface area contributed by atoms with E-state index in [1.807, 2.05) is 0 Å². The topological polar surface area (TPSA) is 110 Å². The van der Waals surface area contributed by atoms with E-state index >= 15 is 0 Å². The normalized spacial score (nSPS) is 9.33. The minimum atomic E-state index is -0.718. The Morgan fingerprint density at radius 1 is 1.60 bits per heavy atom. The fourth-order valence-corrected chi connectivity index (χ4v) is 1.25. The molecule has 0 radical (unpaired) electrons. The fraction of sp³-hybridized carbons (Fsp3) is 0.111. The molecule has 0 aromatic heterocycles. The van der Waals surface area contributed by atoms with Gasteiger partial charge in [0, 0.05) is 11.8 Å². The predicted molar refractivity (Wildman–Crippen MR) is 52.2 cm³/mol. The van der Waals surface area contributed by atoms with Crippen LogP contribution in [0.3, 0.4) is 0 Å². The SMILES string of the molecule is CC(=O)c1c(N)ccc([N+](=O)[O-])c1C#N. The minimum absolute atomic E-state index is 0.0738. The van der Waals surface area contributed by atoms with Gasteiger partial charge in [0.05, 0.1) is 10.5 Å². The highest BCUT2D eigenvalue weighted by atomic mass is 16.6. The Kier molecular flexibility index (Phi) is 2.67. The molecule has 0 atom stereocenters. The summed E-state index contributed by atoms with van der Waals surface area (Å²) in [5, 5.41) is 19.3. The first-order valence-electron chi connectivity index (χ1n) is 3.97. The van der Waals surface area contributed by atoms with Crippen LogP contribution in [-0.2, 0) is 0 Å². The summed E-state index contributed by atoms with van der Waals surface area (Å²) in [7, 11) is 0. The highest BCUT2D eigenvalue weighted by molar-refractivity contribution is 6.02. The summed E-state index contributed by atoms with van der Waals surface area (Å²) >= 11 is 0. The molecule has 0 fully saturated rings. The molecule has 0 aliphatic carbocycles. The first-order chi connectivity index (χ1) is 6.99. The molecular weight excluding hydrogens is 198 g/mol. The van der Waals surface area contributed by atoms with Crippen molar-refractivity contribution in [3.05, 3.63) is 33.4 Å². The van der Waals surface area contributed by atoms with E-state index in [2.05, 4.69) is 0 Å². The lowest BCUT2D eigenvalue weighted by atomic mass is 10.0. The molecule has 15 heavy (non-hydrogen) atoms. The van der Waals surface area contributed by atoms with Crippen LogP contribution in [0.1, 0.15) is 22.8 Å². The second-order valence-electron chi connectivity index (χ2n) is 2.85. The molecule has 0 unspecified atom stereocenters. The Morgan fingerprint density at radius 2 is 2.20 bits per heavy atom. The number of anilines is 1. The van der Waals surface area contributed by atoms with Gasteiger partial charge in [0.1, 0.15) is 11.6 Å². The van der Waals surface area contributed by atoms with Crippen LogP contribution in [-0.4, -0.2) is 10.7 Å². The minimum Gasteiger partial charge on any atom is -0.398 e. The Morgan fingerprint density at radius 3 is 2.60 bits per heavy atom. The molecule has 0 amide bonds. The lowest BCUT2D eigenvalue weighted by molar-refractivity contribution is -0.385. The third kappa shape index (κ3) is 1.76.